The van der Waals surface area contributed by atoms with Crippen molar-refractivity contribution in [3.8, 4) is 5.75 Å². The van der Waals surface area contributed by atoms with Crippen molar-refractivity contribution in [1.82, 2.24) is 0 Å². The first-order valence-corrected chi connectivity index (χ1v) is 7.98. The summed E-state index contributed by atoms with van der Waals surface area (Å²) in [6.07, 6.45) is 0. The second-order valence-electron chi connectivity index (χ2n) is 4.49. The van der Waals surface area contributed by atoms with Gasteiger partial charge in [0.15, 0.2) is 9.84 Å². The largest absolute Gasteiger partial charge is 0.497 e. The van der Waals surface area contributed by atoms with Crippen molar-refractivity contribution in [3.63, 3.8) is 0 Å². The van der Waals surface area contributed by atoms with Crippen molar-refractivity contribution in [3.05, 3.63) is 54.3 Å². The van der Waals surface area contributed by atoms with Gasteiger partial charge in [0, 0.05) is 5.69 Å². The van der Waals surface area contributed by atoms with Crippen LogP contribution >= 0.6 is 0 Å². The minimum Gasteiger partial charge on any atom is -0.497 e. The highest BCUT2D eigenvalue weighted by Gasteiger charge is 2.19. The van der Waals surface area contributed by atoms with Gasteiger partial charge < -0.3 is 10.1 Å². The van der Waals surface area contributed by atoms with E-state index in [0.29, 0.717) is 11.4 Å². The molecule has 2 aromatic carbocycles. The molecule has 0 saturated carbocycles. The van der Waals surface area contributed by atoms with E-state index < -0.39 is 27.3 Å². The van der Waals surface area contributed by atoms with E-state index in [0.717, 1.165) is 0 Å². The molecule has 0 saturated heterocycles. The Hall–Kier alpha value is -2.41. The summed E-state index contributed by atoms with van der Waals surface area (Å²) in [5, 5.41) is 2.41. The standard InChI is InChI=1S/C15H14FNO4S/c1-21-13-6-8-14(9-7-13)22(19,20)10-15(18)17-12-4-2-11(16)3-5-12/h2-9H,10H2,1H3,(H,17,18). The molecule has 0 atom stereocenters. The lowest BCUT2D eigenvalue weighted by Crippen LogP contribution is -2.23. The Bertz CT molecular complexity index is 755. The Kier molecular flexibility index (Phi) is 4.77. The molecule has 1 N–H and O–H groups in total. The van der Waals surface area contributed by atoms with E-state index in [1.54, 1.807) is 0 Å². The maximum atomic E-state index is 12.8. The van der Waals surface area contributed by atoms with Crippen LogP contribution in [0, 0.1) is 5.82 Å². The Balaban J connectivity index is 2.07. The molecule has 0 fully saturated rings. The first kappa shape index (κ1) is 16.0. The Morgan fingerprint density at radius 3 is 2.23 bits per heavy atom. The fourth-order valence-corrected chi connectivity index (χ4v) is 2.90. The van der Waals surface area contributed by atoms with Crippen molar-refractivity contribution in [1.29, 1.82) is 0 Å². The summed E-state index contributed by atoms with van der Waals surface area (Å²) in [6, 6.07) is 10.8. The average Bonchev–Trinajstić information content (AvgIpc) is 2.49. The fourth-order valence-electron chi connectivity index (χ4n) is 1.77. The molecule has 0 bridgehead atoms. The molecule has 2 aromatic rings. The number of carbonyl (C=O) groups is 1. The van der Waals surface area contributed by atoms with Crippen LogP contribution < -0.4 is 10.1 Å². The Morgan fingerprint density at radius 2 is 1.68 bits per heavy atom. The monoisotopic (exact) mass is 323 g/mol. The maximum absolute atomic E-state index is 12.8. The van der Waals surface area contributed by atoms with Gasteiger partial charge in [-0.25, -0.2) is 12.8 Å². The second kappa shape index (κ2) is 6.57. The molecule has 0 aliphatic rings. The molecule has 0 spiro atoms. The zero-order valence-corrected chi connectivity index (χ0v) is 12.6. The minimum absolute atomic E-state index is 0.0301. The van der Waals surface area contributed by atoms with Gasteiger partial charge in [-0.2, -0.15) is 0 Å². The number of methoxy groups -OCH3 is 1. The predicted octanol–water partition coefficient (Wildman–Crippen LogP) is 2.25. The number of benzene rings is 2. The van der Waals surface area contributed by atoms with E-state index in [2.05, 4.69) is 5.32 Å². The van der Waals surface area contributed by atoms with Gasteiger partial charge in [-0.1, -0.05) is 0 Å². The summed E-state index contributed by atoms with van der Waals surface area (Å²) in [5.74, 6) is -1.31. The molecule has 0 aromatic heterocycles. The van der Waals surface area contributed by atoms with Crippen LogP contribution in [0.1, 0.15) is 0 Å². The van der Waals surface area contributed by atoms with Gasteiger partial charge in [-0.15, -0.1) is 0 Å². The molecule has 0 aliphatic carbocycles. The normalized spacial score (nSPS) is 11.0. The number of halogens is 1. The molecule has 0 radical (unpaired) electrons. The van der Waals surface area contributed by atoms with Gasteiger partial charge in [0.1, 0.15) is 17.3 Å². The molecular weight excluding hydrogens is 309 g/mol. The summed E-state index contributed by atoms with van der Waals surface area (Å²) >= 11 is 0. The van der Waals surface area contributed by atoms with Crippen LogP contribution in [-0.4, -0.2) is 27.2 Å². The van der Waals surface area contributed by atoms with Crippen LogP contribution in [0.25, 0.3) is 0 Å². The van der Waals surface area contributed by atoms with E-state index in [4.69, 9.17) is 4.74 Å². The van der Waals surface area contributed by atoms with E-state index in [1.807, 2.05) is 0 Å². The number of hydrogen-bond donors (Lipinski definition) is 1. The SMILES string of the molecule is COc1ccc(S(=O)(=O)CC(=O)Nc2ccc(F)cc2)cc1. The summed E-state index contributed by atoms with van der Waals surface area (Å²) in [4.78, 5) is 11.8. The smallest absolute Gasteiger partial charge is 0.239 e. The van der Waals surface area contributed by atoms with Gasteiger partial charge in [-0.05, 0) is 48.5 Å². The Labute approximate surface area is 127 Å². The van der Waals surface area contributed by atoms with E-state index in [1.165, 1.54) is 55.6 Å². The van der Waals surface area contributed by atoms with Crippen molar-refractivity contribution < 1.29 is 22.3 Å². The van der Waals surface area contributed by atoms with Gasteiger partial charge in [0.05, 0.1) is 12.0 Å². The summed E-state index contributed by atoms with van der Waals surface area (Å²) in [5.41, 5.74) is 0.330. The third-order valence-electron chi connectivity index (χ3n) is 2.87. The van der Waals surface area contributed by atoms with E-state index in [9.17, 15) is 17.6 Å². The van der Waals surface area contributed by atoms with Gasteiger partial charge >= 0.3 is 0 Å². The van der Waals surface area contributed by atoms with Crippen LogP contribution in [0.4, 0.5) is 10.1 Å². The van der Waals surface area contributed by atoms with E-state index in [-0.39, 0.29) is 4.90 Å². The number of carbonyl (C=O) groups excluding carboxylic acids is 1. The van der Waals surface area contributed by atoms with E-state index >= 15 is 0 Å². The third-order valence-corrected chi connectivity index (χ3v) is 4.50. The van der Waals surface area contributed by atoms with Crippen molar-refractivity contribution in [2.45, 2.75) is 4.90 Å². The highest BCUT2D eigenvalue weighted by Crippen LogP contribution is 2.17. The fraction of sp³-hybridized carbons (Fsp3) is 0.133. The Morgan fingerprint density at radius 1 is 1.09 bits per heavy atom. The maximum Gasteiger partial charge on any atom is 0.239 e. The van der Waals surface area contributed by atoms with Gasteiger partial charge in [-0.3, -0.25) is 4.79 Å². The molecule has 116 valence electrons. The highest BCUT2D eigenvalue weighted by atomic mass is 32.2. The lowest BCUT2D eigenvalue weighted by Gasteiger charge is -2.07. The van der Waals surface area contributed by atoms with Gasteiger partial charge in [0.25, 0.3) is 0 Å². The summed E-state index contributed by atoms with van der Waals surface area (Å²) < 4.78 is 42.0. The highest BCUT2D eigenvalue weighted by molar-refractivity contribution is 7.92. The third kappa shape index (κ3) is 4.05. The number of sulfone groups is 1. The number of hydrogen-bond acceptors (Lipinski definition) is 4. The predicted molar refractivity (Wildman–Crippen MR) is 80.1 cm³/mol. The lowest BCUT2D eigenvalue weighted by atomic mass is 10.3. The number of anilines is 1. The molecule has 2 rings (SSSR count). The summed E-state index contributed by atoms with van der Waals surface area (Å²) in [7, 11) is -2.28. The van der Waals surface area contributed by atoms with Crippen LogP contribution in [0.5, 0.6) is 5.75 Å². The second-order valence-corrected chi connectivity index (χ2v) is 6.48. The minimum atomic E-state index is -3.75. The summed E-state index contributed by atoms with van der Waals surface area (Å²) in [6.45, 7) is 0. The topological polar surface area (TPSA) is 72.5 Å². The first-order chi connectivity index (χ1) is 10.4. The number of nitrogens with one attached hydrogen (secondary N) is 1. The first-order valence-electron chi connectivity index (χ1n) is 6.33. The molecule has 5 nitrogen and oxygen atoms in total. The van der Waals surface area contributed by atoms with Gasteiger partial charge in [0.2, 0.25) is 5.91 Å². The zero-order valence-electron chi connectivity index (χ0n) is 11.7. The lowest BCUT2D eigenvalue weighted by molar-refractivity contribution is -0.113. The number of amides is 1. The molecular formula is C15H14FNO4S. The van der Waals surface area contributed by atoms with Crippen LogP contribution in [-0.2, 0) is 14.6 Å². The van der Waals surface area contributed by atoms with Crippen LogP contribution in [0.15, 0.2) is 53.4 Å². The van der Waals surface area contributed by atoms with Crippen LogP contribution in [0.3, 0.4) is 0 Å². The molecule has 0 unspecified atom stereocenters. The number of ether oxygens (including phenoxy) is 1. The quantitative estimate of drug-likeness (QED) is 0.916. The van der Waals surface area contributed by atoms with Crippen molar-refractivity contribution >= 4 is 21.4 Å². The average molecular weight is 323 g/mol. The molecule has 7 heteroatoms. The van der Waals surface area contributed by atoms with Crippen molar-refractivity contribution in [2.75, 3.05) is 18.2 Å². The molecule has 0 heterocycles. The molecule has 22 heavy (non-hydrogen) atoms. The number of rotatable bonds is 5. The van der Waals surface area contributed by atoms with Crippen LogP contribution in [0.2, 0.25) is 0 Å². The molecule has 1 amide bonds. The molecule has 0 aliphatic heterocycles. The van der Waals surface area contributed by atoms with Crippen molar-refractivity contribution in [2.24, 2.45) is 0 Å². The zero-order chi connectivity index (χ0) is 16.2.